The van der Waals surface area contributed by atoms with Crippen LogP contribution in [-0.4, -0.2) is 16.8 Å². The van der Waals surface area contributed by atoms with Gasteiger partial charge in [-0.25, -0.2) is 27.1 Å². The molecule has 0 saturated heterocycles. The first-order valence-electron chi connectivity index (χ1n) is 6.85. The van der Waals surface area contributed by atoms with Crippen LogP contribution < -0.4 is 21.1 Å². The van der Waals surface area contributed by atoms with Crippen molar-refractivity contribution in [1.82, 2.24) is 10.9 Å². The van der Waals surface area contributed by atoms with E-state index in [4.69, 9.17) is 10.3 Å². The summed E-state index contributed by atoms with van der Waals surface area (Å²) in [6, 6.07) is 12.4. The minimum atomic E-state index is -3.68. The smallest absolute Gasteiger partial charge is 0.238 e. The third kappa shape index (κ3) is 5.37. The van der Waals surface area contributed by atoms with Crippen LogP contribution in [-0.2, 0) is 33.1 Å². The molecule has 0 radical (unpaired) electrons. The Hall–Kier alpha value is -1.82. The molecule has 0 saturated carbocycles. The number of nitrogens with one attached hydrogen (secondary N) is 2. The third-order valence-corrected chi connectivity index (χ3v) is 5.07. The number of hydrazine groups is 1. The summed E-state index contributed by atoms with van der Waals surface area (Å²) in [6.45, 7) is 0.945. The van der Waals surface area contributed by atoms with E-state index >= 15 is 0 Å². The molecule has 10 heteroatoms. The van der Waals surface area contributed by atoms with Gasteiger partial charge in [0.2, 0.25) is 20.0 Å². The van der Waals surface area contributed by atoms with Gasteiger partial charge in [0.25, 0.3) is 0 Å². The van der Waals surface area contributed by atoms with E-state index in [9.17, 15) is 16.8 Å². The number of primary sulfonamides is 2. The monoisotopic (exact) mass is 370 g/mol. The second-order valence-corrected chi connectivity index (χ2v) is 8.21. The number of benzene rings is 2. The van der Waals surface area contributed by atoms with Crippen molar-refractivity contribution in [2.45, 2.75) is 22.9 Å². The molecule has 0 amide bonds. The second-order valence-electron chi connectivity index (χ2n) is 5.09. The van der Waals surface area contributed by atoms with E-state index in [1.165, 1.54) is 24.3 Å². The zero-order chi connectivity index (χ0) is 17.8. The summed E-state index contributed by atoms with van der Waals surface area (Å²) in [5.41, 5.74) is 7.71. The summed E-state index contributed by atoms with van der Waals surface area (Å²) in [4.78, 5) is 0.128. The van der Waals surface area contributed by atoms with Gasteiger partial charge in [-0.15, -0.1) is 0 Å². The van der Waals surface area contributed by atoms with E-state index in [0.717, 1.165) is 11.1 Å². The lowest BCUT2D eigenvalue weighted by atomic mass is 10.2. The third-order valence-electron chi connectivity index (χ3n) is 3.21. The topological polar surface area (TPSA) is 144 Å². The van der Waals surface area contributed by atoms with Crippen LogP contribution in [0, 0.1) is 0 Å². The number of nitrogens with two attached hydrogens (primary N) is 2. The zero-order valence-corrected chi connectivity index (χ0v) is 14.3. The van der Waals surface area contributed by atoms with Crippen molar-refractivity contribution in [3.8, 4) is 0 Å². The summed E-state index contributed by atoms with van der Waals surface area (Å²) in [5.74, 6) is 0. The SMILES string of the molecule is NS(=O)(=O)c1ccc(CNNCc2ccc(S(N)(=O)=O)cc2)cc1. The van der Waals surface area contributed by atoms with Gasteiger partial charge >= 0.3 is 0 Å². The van der Waals surface area contributed by atoms with Gasteiger partial charge in [-0.2, -0.15) is 0 Å². The fourth-order valence-electron chi connectivity index (χ4n) is 1.92. The van der Waals surface area contributed by atoms with Crippen molar-refractivity contribution in [2.24, 2.45) is 10.3 Å². The maximum absolute atomic E-state index is 11.2. The molecule has 0 spiro atoms. The quantitative estimate of drug-likeness (QED) is 0.391. The molecule has 0 aliphatic rings. The van der Waals surface area contributed by atoms with Gasteiger partial charge in [0.15, 0.2) is 0 Å². The van der Waals surface area contributed by atoms with Crippen LogP contribution in [0.2, 0.25) is 0 Å². The molecule has 8 nitrogen and oxygen atoms in total. The molecule has 130 valence electrons. The van der Waals surface area contributed by atoms with Crippen molar-refractivity contribution in [3.05, 3.63) is 59.7 Å². The fraction of sp³-hybridized carbons (Fsp3) is 0.143. The lowest BCUT2D eigenvalue weighted by Gasteiger charge is -2.08. The van der Waals surface area contributed by atoms with Gasteiger partial charge in [0, 0.05) is 13.1 Å². The predicted molar refractivity (Wildman–Crippen MR) is 89.3 cm³/mol. The number of rotatable bonds is 7. The van der Waals surface area contributed by atoms with E-state index < -0.39 is 20.0 Å². The van der Waals surface area contributed by atoms with Crippen LogP contribution >= 0.6 is 0 Å². The van der Waals surface area contributed by atoms with Crippen LogP contribution in [0.15, 0.2) is 58.3 Å². The summed E-state index contributed by atoms with van der Waals surface area (Å²) >= 11 is 0. The molecule has 0 aliphatic carbocycles. The first-order valence-corrected chi connectivity index (χ1v) is 9.95. The Balaban J connectivity index is 1.83. The van der Waals surface area contributed by atoms with Crippen molar-refractivity contribution >= 4 is 20.0 Å². The van der Waals surface area contributed by atoms with Crippen LogP contribution in [0.1, 0.15) is 11.1 Å². The van der Waals surface area contributed by atoms with E-state index in [1.54, 1.807) is 24.3 Å². The average molecular weight is 370 g/mol. The highest BCUT2D eigenvalue weighted by atomic mass is 32.2. The molecule has 0 unspecified atom stereocenters. The first-order chi connectivity index (χ1) is 11.2. The lowest BCUT2D eigenvalue weighted by molar-refractivity contribution is 0.529. The minimum Gasteiger partial charge on any atom is -0.253 e. The molecule has 0 aromatic heterocycles. The second kappa shape index (κ2) is 7.38. The van der Waals surface area contributed by atoms with Crippen LogP contribution in [0.4, 0.5) is 0 Å². The standard InChI is InChI=1S/C14H18N4O4S2/c15-23(19,20)13-5-1-11(2-6-13)9-17-18-10-12-3-7-14(8-4-12)24(16,21)22/h1-8,17-18H,9-10H2,(H2,15,19,20)(H2,16,21,22). The Morgan fingerprint density at radius 3 is 1.17 bits per heavy atom. The number of hydrogen-bond acceptors (Lipinski definition) is 6. The van der Waals surface area contributed by atoms with E-state index in [1.807, 2.05) is 0 Å². The Bertz CT molecular complexity index is 815. The van der Waals surface area contributed by atoms with Crippen LogP contribution in [0.5, 0.6) is 0 Å². The van der Waals surface area contributed by atoms with Gasteiger partial charge in [-0.1, -0.05) is 24.3 Å². The zero-order valence-electron chi connectivity index (χ0n) is 12.6. The Morgan fingerprint density at radius 1 is 0.625 bits per heavy atom. The van der Waals surface area contributed by atoms with Gasteiger partial charge in [0.1, 0.15) is 0 Å². The molecule has 2 aromatic rings. The molecule has 0 aliphatic heterocycles. The molecular formula is C14H18N4O4S2. The van der Waals surface area contributed by atoms with Crippen molar-refractivity contribution < 1.29 is 16.8 Å². The normalized spacial score (nSPS) is 12.2. The van der Waals surface area contributed by atoms with E-state index in [0.29, 0.717) is 13.1 Å². The Kier molecular flexibility index (Phi) is 5.70. The lowest BCUT2D eigenvalue weighted by Crippen LogP contribution is -2.30. The molecule has 6 N–H and O–H groups in total. The highest BCUT2D eigenvalue weighted by Gasteiger charge is 2.07. The molecule has 2 rings (SSSR count). The van der Waals surface area contributed by atoms with Gasteiger partial charge < -0.3 is 0 Å². The predicted octanol–water partition coefficient (Wildman–Crippen LogP) is -0.224. The first kappa shape index (κ1) is 18.5. The fourth-order valence-corrected chi connectivity index (χ4v) is 2.95. The van der Waals surface area contributed by atoms with Crippen molar-refractivity contribution in [3.63, 3.8) is 0 Å². The molecule has 0 fully saturated rings. The minimum absolute atomic E-state index is 0.0640. The van der Waals surface area contributed by atoms with Crippen LogP contribution in [0.25, 0.3) is 0 Å². The highest BCUT2D eigenvalue weighted by Crippen LogP contribution is 2.09. The number of sulfonamides is 2. The maximum atomic E-state index is 11.2. The highest BCUT2D eigenvalue weighted by molar-refractivity contribution is 7.89. The maximum Gasteiger partial charge on any atom is 0.238 e. The largest absolute Gasteiger partial charge is 0.253 e. The molecule has 2 aromatic carbocycles. The molecule has 0 atom stereocenters. The Labute approximate surface area is 140 Å². The molecule has 0 bridgehead atoms. The summed E-state index contributed by atoms with van der Waals surface area (Å²) in [6.07, 6.45) is 0. The summed E-state index contributed by atoms with van der Waals surface area (Å²) < 4.78 is 44.6. The summed E-state index contributed by atoms with van der Waals surface area (Å²) in [7, 11) is -7.37. The van der Waals surface area contributed by atoms with Gasteiger partial charge in [-0.3, -0.25) is 10.9 Å². The van der Waals surface area contributed by atoms with Crippen LogP contribution in [0.3, 0.4) is 0 Å². The number of hydrogen-bond donors (Lipinski definition) is 4. The average Bonchev–Trinajstić information content (AvgIpc) is 2.51. The molecule has 24 heavy (non-hydrogen) atoms. The molecule has 0 heterocycles. The van der Waals surface area contributed by atoms with Gasteiger partial charge in [-0.05, 0) is 35.4 Å². The Morgan fingerprint density at radius 2 is 0.917 bits per heavy atom. The van der Waals surface area contributed by atoms with Crippen molar-refractivity contribution in [1.29, 1.82) is 0 Å². The molecular weight excluding hydrogens is 352 g/mol. The van der Waals surface area contributed by atoms with E-state index in [-0.39, 0.29) is 9.79 Å². The summed E-state index contributed by atoms with van der Waals surface area (Å²) in [5, 5.41) is 10.1. The van der Waals surface area contributed by atoms with Crippen molar-refractivity contribution in [2.75, 3.05) is 0 Å². The van der Waals surface area contributed by atoms with E-state index in [2.05, 4.69) is 10.9 Å². The van der Waals surface area contributed by atoms with Gasteiger partial charge in [0.05, 0.1) is 9.79 Å².